The van der Waals surface area contributed by atoms with Crippen LogP contribution in [0.2, 0.25) is 5.02 Å². The molecule has 1 aromatic rings. The molecule has 1 aromatic carbocycles. The van der Waals surface area contributed by atoms with Crippen LogP contribution in [0.4, 0.5) is 14.5 Å². The Hall–Kier alpha value is -1.42. The average Bonchev–Trinajstić information content (AvgIpc) is 2.30. The molecule has 1 N–H and O–H groups in total. The molecule has 2 nitrogen and oxygen atoms in total. The molecule has 92 valence electrons. The first kappa shape index (κ1) is 13.6. The molecule has 0 unspecified atom stereocenters. The fourth-order valence-electron chi connectivity index (χ4n) is 1.07. The summed E-state index contributed by atoms with van der Waals surface area (Å²) in [6, 6.07) is 6.33. The van der Waals surface area contributed by atoms with Crippen LogP contribution in [-0.2, 0) is 4.79 Å². The van der Waals surface area contributed by atoms with Crippen LogP contribution < -0.4 is 5.32 Å². The van der Waals surface area contributed by atoms with Crippen molar-refractivity contribution in [1.29, 1.82) is 0 Å². The summed E-state index contributed by atoms with van der Waals surface area (Å²) in [5.74, 6) is -1.75. The van der Waals surface area contributed by atoms with Crippen LogP contribution in [0, 0.1) is 5.41 Å². The van der Waals surface area contributed by atoms with Crippen molar-refractivity contribution in [2.45, 2.75) is 13.8 Å². The minimum Gasteiger partial charge on any atom is -0.325 e. The van der Waals surface area contributed by atoms with Crippen molar-refractivity contribution in [3.63, 3.8) is 0 Å². The van der Waals surface area contributed by atoms with Crippen molar-refractivity contribution in [3.8, 4) is 0 Å². The predicted octanol–water partition coefficient (Wildman–Crippen LogP) is 4.09. The second-order valence-electron chi connectivity index (χ2n) is 4.04. The first-order chi connectivity index (χ1) is 7.87. The van der Waals surface area contributed by atoms with Crippen molar-refractivity contribution >= 4 is 23.2 Å². The molecule has 0 spiro atoms. The number of halogens is 3. The first-order valence-electron chi connectivity index (χ1n) is 4.91. The quantitative estimate of drug-likeness (QED) is 0.870. The summed E-state index contributed by atoms with van der Waals surface area (Å²) in [5.41, 5.74) is -1.08. The first-order valence-corrected chi connectivity index (χ1v) is 5.29. The molecule has 0 radical (unpaired) electrons. The van der Waals surface area contributed by atoms with Crippen LogP contribution in [0.3, 0.4) is 0 Å². The molecule has 0 aliphatic carbocycles. The minimum atomic E-state index is -1.55. The lowest BCUT2D eigenvalue weighted by Gasteiger charge is -2.20. The second-order valence-corrected chi connectivity index (χ2v) is 4.48. The van der Waals surface area contributed by atoms with E-state index >= 15 is 0 Å². The number of carbonyl (C=O) groups excluding carboxylic acids is 1. The maximum Gasteiger partial charge on any atom is 0.236 e. The molecule has 0 aromatic heterocycles. The number of anilines is 1. The molecule has 0 aliphatic rings. The molecule has 0 aliphatic heterocycles. The van der Waals surface area contributed by atoms with Gasteiger partial charge in [-0.3, -0.25) is 4.79 Å². The summed E-state index contributed by atoms with van der Waals surface area (Å²) in [6.07, 6.45) is -0.207. The second kappa shape index (κ2) is 5.27. The molecule has 5 heteroatoms. The Kier molecular flexibility index (Phi) is 4.23. The van der Waals surface area contributed by atoms with Gasteiger partial charge in [0.25, 0.3) is 0 Å². The molecule has 1 rings (SSSR count). The predicted molar refractivity (Wildman–Crippen MR) is 64.2 cm³/mol. The highest BCUT2D eigenvalue weighted by atomic mass is 35.5. The van der Waals surface area contributed by atoms with Crippen LogP contribution >= 0.6 is 11.6 Å². The van der Waals surface area contributed by atoms with Crippen LogP contribution in [-0.4, -0.2) is 5.91 Å². The van der Waals surface area contributed by atoms with Gasteiger partial charge in [0.05, 0.1) is 5.41 Å². The lowest BCUT2D eigenvalue weighted by molar-refractivity contribution is -0.123. The highest BCUT2D eigenvalue weighted by molar-refractivity contribution is 6.30. The minimum absolute atomic E-state index is 0.207. The van der Waals surface area contributed by atoms with Gasteiger partial charge in [0.2, 0.25) is 5.91 Å². The van der Waals surface area contributed by atoms with Gasteiger partial charge >= 0.3 is 0 Å². The zero-order chi connectivity index (χ0) is 13.1. The Morgan fingerprint density at radius 2 is 1.88 bits per heavy atom. The van der Waals surface area contributed by atoms with E-state index in [0.717, 1.165) is 0 Å². The van der Waals surface area contributed by atoms with Gasteiger partial charge < -0.3 is 5.32 Å². The molecule has 0 saturated carbocycles. The van der Waals surface area contributed by atoms with Gasteiger partial charge in [0.15, 0.2) is 0 Å². The topological polar surface area (TPSA) is 29.1 Å². The fourth-order valence-corrected chi connectivity index (χ4v) is 1.19. The maximum absolute atomic E-state index is 13.1. The molecule has 17 heavy (non-hydrogen) atoms. The number of hydrogen-bond acceptors (Lipinski definition) is 1. The Balaban J connectivity index is 2.82. The smallest absolute Gasteiger partial charge is 0.236 e. The van der Waals surface area contributed by atoms with Crippen molar-refractivity contribution in [2.24, 2.45) is 5.41 Å². The average molecular weight is 260 g/mol. The van der Waals surface area contributed by atoms with Gasteiger partial charge in [-0.25, -0.2) is 8.78 Å². The summed E-state index contributed by atoms with van der Waals surface area (Å²) in [4.78, 5) is 11.7. The SMILES string of the molecule is CC(C)(C(=O)Nc1ccc(Cl)cc1)C(F)=CF. The molecule has 1 amide bonds. The van der Waals surface area contributed by atoms with Crippen molar-refractivity contribution in [2.75, 3.05) is 5.32 Å². The van der Waals surface area contributed by atoms with Crippen molar-refractivity contribution in [1.82, 2.24) is 0 Å². The molecular formula is C12H12ClF2NO. The van der Waals surface area contributed by atoms with Crippen LogP contribution in [0.25, 0.3) is 0 Å². The van der Waals surface area contributed by atoms with E-state index in [9.17, 15) is 13.6 Å². The van der Waals surface area contributed by atoms with Gasteiger partial charge in [-0.2, -0.15) is 0 Å². The maximum atomic E-state index is 13.1. The van der Waals surface area contributed by atoms with Crippen LogP contribution in [0.1, 0.15) is 13.8 Å². The number of benzene rings is 1. The van der Waals surface area contributed by atoms with Crippen LogP contribution in [0.5, 0.6) is 0 Å². The standard InChI is InChI=1S/C12H12ClF2NO/c1-12(2,10(15)7-14)11(17)16-9-5-3-8(13)4-6-9/h3-7H,1-2H3,(H,16,17). The number of nitrogens with one attached hydrogen (secondary N) is 1. The molecular weight excluding hydrogens is 248 g/mol. The molecule has 0 fully saturated rings. The van der Waals surface area contributed by atoms with E-state index < -0.39 is 17.1 Å². The van der Waals surface area contributed by atoms with E-state index in [0.29, 0.717) is 10.7 Å². The number of carbonyl (C=O) groups is 1. The Labute approximate surface area is 103 Å². The molecule has 0 saturated heterocycles. The van der Waals surface area contributed by atoms with Gasteiger partial charge in [-0.15, -0.1) is 0 Å². The van der Waals surface area contributed by atoms with Gasteiger partial charge in [-0.05, 0) is 38.1 Å². The Morgan fingerprint density at radius 3 is 2.35 bits per heavy atom. The highest BCUT2D eigenvalue weighted by Gasteiger charge is 2.33. The lowest BCUT2D eigenvalue weighted by Crippen LogP contribution is -2.31. The number of rotatable bonds is 3. The van der Waals surface area contributed by atoms with Crippen molar-refractivity contribution in [3.05, 3.63) is 41.4 Å². The van der Waals surface area contributed by atoms with Crippen molar-refractivity contribution < 1.29 is 13.6 Å². The third kappa shape index (κ3) is 3.27. The summed E-state index contributed by atoms with van der Waals surface area (Å²) in [7, 11) is 0. The Morgan fingerprint density at radius 1 is 1.35 bits per heavy atom. The zero-order valence-corrected chi connectivity index (χ0v) is 10.2. The third-order valence-electron chi connectivity index (χ3n) is 2.36. The third-order valence-corrected chi connectivity index (χ3v) is 2.61. The van der Waals surface area contributed by atoms with E-state index in [-0.39, 0.29) is 6.33 Å². The zero-order valence-electron chi connectivity index (χ0n) is 9.43. The summed E-state index contributed by atoms with van der Waals surface area (Å²) in [5, 5.41) is 3.00. The monoisotopic (exact) mass is 259 g/mol. The van der Waals surface area contributed by atoms with E-state index in [4.69, 9.17) is 11.6 Å². The fraction of sp³-hybridized carbons (Fsp3) is 0.250. The Bertz CT molecular complexity index is 440. The van der Waals surface area contributed by atoms with Gasteiger partial charge in [-0.1, -0.05) is 11.6 Å². The van der Waals surface area contributed by atoms with E-state index in [1.807, 2.05) is 0 Å². The molecule has 0 heterocycles. The number of hydrogen-bond donors (Lipinski definition) is 1. The summed E-state index contributed by atoms with van der Waals surface area (Å²) in [6.45, 7) is 2.59. The molecule has 0 atom stereocenters. The number of amides is 1. The lowest BCUT2D eigenvalue weighted by atomic mass is 9.91. The van der Waals surface area contributed by atoms with E-state index in [1.54, 1.807) is 24.3 Å². The van der Waals surface area contributed by atoms with Gasteiger partial charge in [0, 0.05) is 10.7 Å². The van der Waals surface area contributed by atoms with E-state index in [1.165, 1.54) is 13.8 Å². The van der Waals surface area contributed by atoms with Crippen LogP contribution in [0.15, 0.2) is 36.4 Å². The largest absolute Gasteiger partial charge is 0.325 e. The highest BCUT2D eigenvalue weighted by Crippen LogP contribution is 2.29. The summed E-state index contributed by atoms with van der Waals surface area (Å²) >= 11 is 5.68. The normalized spacial score (nSPS) is 12.4. The van der Waals surface area contributed by atoms with E-state index in [2.05, 4.69) is 5.32 Å². The van der Waals surface area contributed by atoms with Gasteiger partial charge in [0.1, 0.15) is 12.2 Å². The molecule has 0 bridgehead atoms. The summed E-state index contributed by atoms with van der Waals surface area (Å²) < 4.78 is 25.2.